The van der Waals surface area contributed by atoms with Gasteiger partial charge >= 0.3 is 0 Å². The van der Waals surface area contributed by atoms with E-state index in [1.807, 2.05) is 0 Å². The van der Waals surface area contributed by atoms with E-state index in [-0.39, 0.29) is 0 Å². The molecule has 2 fully saturated rings. The lowest BCUT2D eigenvalue weighted by atomic mass is 9.91. The number of likely N-dealkylation sites (N-methyl/N-ethyl adjacent to an activating group) is 2. The normalized spacial score (nSPS) is 44.8. The van der Waals surface area contributed by atoms with Crippen molar-refractivity contribution < 1.29 is 0 Å². The molecule has 3 atom stereocenters. The Kier molecular flexibility index (Phi) is 2.62. The van der Waals surface area contributed by atoms with Gasteiger partial charge in [-0.05, 0) is 26.9 Å². The number of rotatable bonds is 0. The topological polar surface area (TPSA) is 6.48 Å². The summed E-state index contributed by atoms with van der Waals surface area (Å²) in [6, 6.07) is 1.49. The maximum absolute atomic E-state index is 6.30. The predicted octanol–water partition coefficient (Wildman–Crippen LogP) is 2.64. The maximum atomic E-state index is 6.30. The summed E-state index contributed by atoms with van der Waals surface area (Å²) in [4.78, 5) is 0. The summed E-state index contributed by atoms with van der Waals surface area (Å²) in [6.07, 6.45) is 5.47. The molecule has 0 aromatic carbocycles. The molecule has 0 aromatic rings. The van der Waals surface area contributed by atoms with Crippen LogP contribution in [-0.4, -0.2) is 35.5 Å². The van der Waals surface area contributed by atoms with E-state index in [1.165, 1.54) is 25.7 Å². The smallest absolute Gasteiger partial charge is 0.140 e. The number of nitrogens with zero attached hydrogens (tertiary/aromatic N) is 2. The zero-order chi connectivity index (χ0) is 8.72. The number of halogens is 1. The Morgan fingerprint density at radius 1 is 1.08 bits per heavy atom. The zero-order valence-electron chi connectivity index (χ0n) is 7.70. The van der Waals surface area contributed by atoms with Gasteiger partial charge in [-0.3, -0.25) is 9.34 Å². The largest absolute Gasteiger partial charge is 0.256 e. The molecule has 0 radical (unpaired) electrons. The highest BCUT2D eigenvalue weighted by Gasteiger charge is 2.43. The van der Waals surface area contributed by atoms with Gasteiger partial charge in [0.15, 0.2) is 0 Å². The van der Waals surface area contributed by atoms with Gasteiger partial charge in [0.1, 0.15) is 7.58 Å². The molecular formula is C8H16ClN2P. The second kappa shape index (κ2) is 3.42. The summed E-state index contributed by atoms with van der Waals surface area (Å²) in [6.45, 7) is 0. The van der Waals surface area contributed by atoms with Crippen LogP contribution in [0, 0.1) is 0 Å². The molecule has 12 heavy (non-hydrogen) atoms. The molecule has 2 unspecified atom stereocenters. The van der Waals surface area contributed by atoms with E-state index in [1.54, 1.807) is 0 Å². The second-order valence-corrected chi connectivity index (χ2v) is 6.46. The van der Waals surface area contributed by atoms with Crippen molar-refractivity contribution in [1.29, 1.82) is 0 Å². The zero-order valence-corrected chi connectivity index (χ0v) is 9.35. The molecule has 2 rings (SSSR count). The van der Waals surface area contributed by atoms with Gasteiger partial charge in [0.25, 0.3) is 0 Å². The van der Waals surface area contributed by atoms with Crippen LogP contribution in [0.25, 0.3) is 0 Å². The molecule has 0 bridgehead atoms. The third-order valence-electron chi connectivity index (χ3n) is 3.17. The molecule has 1 saturated carbocycles. The first-order valence-electron chi connectivity index (χ1n) is 4.63. The number of hydrogen-bond acceptors (Lipinski definition) is 2. The summed E-state index contributed by atoms with van der Waals surface area (Å²) in [5.74, 6) is 0. The van der Waals surface area contributed by atoms with Crippen LogP contribution in [0.1, 0.15) is 25.7 Å². The van der Waals surface area contributed by atoms with E-state index in [4.69, 9.17) is 11.2 Å². The molecule has 1 aliphatic carbocycles. The lowest BCUT2D eigenvalue weighted by molar-refractivity contribution is 0.233. The monoisotopic (exact) mass is 206 g/mol. The van der Waals surface area contributed by atoms with Gasteiger partial charge < -0.3 is 0 Å². The Hall–Kier alpha value is 0.640. The summed E-state index contributed by atoms with van der Waals surface area (Å²) in [7, 11) is 3.84. The first kappa shape index (κ1) is 9.21. The fourth-order valence-electron chi connectivity index (χ4n) is 2.43. The van der Waals surface area contributed by atoms with Gasteiger partial charge in [0.05, 0.1) is 0 Å². The van der Waals surface area contributed by atoms with Crippen molar-refractivity contribution in [1.82, 2.24) is 9.34 Å². The van der Waals surface area contributed by atoms with E-state index >= 15 is 0 Å². The fraction of sp³-hybridized carbons (Fsp3) is 1.00. The second-order valence-electron chi connectivity index (χ2n) is 3.81. The van der Waals surface area contributed by atoms with E-state index in [0.717, 1.165) is 12.1 Å². The van der Waals surface area contributed by atoms with Crippen LogP contribution in [0.2, 0.25) is 0 Å². The minimum Gasteiger partial charge on any atom is -0.256 e. The quantitative estimate of drug-likeness (QED) is 0.563. The van der Waals surface area contributed by atoms with Crippen molar-refractivity contribution in [2.24, 2.45) is 0 Å². The van der Waals surface area contributed by atoms with Gasteiger partial charge in [-0.1, -0.05) is 24.1 Å². The first-order chi connectivity index (χ1) is 5.72. The van der Waals surface area contributed by atoms with Gasteiger partial charge in [-0.15, -0.1) is 0 Å². The maximum Gasteiger partial charge on any atom is 0.140 e. The van der Waals surface area contributed by atoms with Crippen LogP contribution in [-0.2, 0) is 0 Å². The third-order valence-corrected chi connectivity index (χ3v) is 6.24. The standard InChI is InChI=1S/C8H16ClN2P/c1-10-7-5-3-4-6-8(7)11(2)12(10)9/h7-8H,3-6H2,1-2H3/t7-,8?,12?/m1/s1. The van der Waals surface area contributed by atoms with Crippen molar-refractivity contribution in [3.63, 3.8) is 0 Å². The summed E-state index contributed by atoms with van der Waals surface area (Å²) < 4.78 is 4.75. The number of hydrogen-bond donors (Lipinski definition) is 0. The predicted molar refractivity (Wildman–Crippen MR) is 54.3 cm³/mol. The lowest BCUT2D eigenvalue weighted by Gasteiger charge is -2.29. The Labute approximate surface area is 80.5 Å². The van der Waals surface area contributed by atoms with Crippen LogP contribution in [0.15, 0.2) is 0 Å². The molecule has 1 saturated heterocycles. The highest BCUT2D eigenvalue weighted by molar-refractivity contribution is 7.80. The highest BCUT2D eigenvalue weighted by atomic mass is 35.7. The molecule has 2 nitrogen and oxygen atoms in total. The average Bonchev–Trinajstić information content (AvgIpc) is 2.33. The fourth-order valence-corrected chi connectivity index (χ4v) is 4.58. The van der Waals surface area contributed by atoms with E-state index < -0.39 is 7.58 Å². The van der Waals surface area contributed by atoms with Gasteiger partial charge in [-0.2, -0.15) is 0 Å². The van der Waals surface area contributed by atoms with Gasteiger partial charge in [0.2, 0.25) is 0 Å². The van der Waals surface area contributed by atoms with Crippen molar-refractivity contribution in [2.45, 2.75) is 37.8 Å². The molecule has 2 aliphatic rings. The summed E-state index contributed by atoms with van der Waals surface area (Å²) >= 11 is 6.30. The van der Waals surface area contributed by atoms with Crippen molar-refractivity contribution in [3.8, 4) is 0 Å². The molecule has 1 heterocycles. The Morgan fingerprint density at radius 2 is 1.50 bits per heavy atom. The van der Waals surface area contributed by atoms with Crippen molar-refractivity contribution in [2.75, 3.05) is 14.1 Å². The van der Waals surface area contributed by atoms with Crippen molar-refractivity contribution in [3.05, 3.63) is 0 Å². The first-order valence-corrected chi connectivity index (χ1v) is 6.78. The molecule has 0 amide bonds. The van der Waals surface area contributed by atoms with Crippen LogP contribution in [0.3, 0.4) is 0 Å². The summed E-state index contributed by atoms with van der Waals surface area (Å²) in [5.41, 5.74) is 0. The Morgan fingerprint density at radius 3 is 1.92 bits per heavy atom. The molecule has 0 aromatic heterocycles. The van der Waals surface area contributed by atoms with Crippen LogP contribution in [0.4, 0.5) is 0 Å². The molecule has 0 spiro atoms. The summed E-state index contributed by atoms with van der Waals surface area (Å²) in [5, 5.41) is 0. The van der Waals surface area contributed by atoms with E-state index in [2.05, 4.69) is 23.4 Å². The van der Waals surface area contributed by atoms with E-state index in [0.29, 0.717) is 0 Å². The Bertz CT molecular complexity index is 160. The van der Waals surface area contributed by atoms with Crippen molar-refractivity contribution >= 4 is 18.8 Å². The van der Waals surface area contributed by atoms with Crippen LogP contribution >= 0.6 is 18.8 Å². The third kappa shape index (κ3) is 1.29. The van der Waals surface area contributed by atoms with Crippen LogP contribution in [0.5, 0.6) is 0 Å². The molecule has 70 valence electrons. The van der Waals surface area contributed by atoms with Gasteiger partial charge in [0, 0.05) is 12.1 Å². The number of fused-ring (bicyclic) bond motifs is 1. The average molecular weight is 207 g/mol. The SMILES string of the molecule is CN1C2CCCC[C@H]2N(C)P1Cl. The molecule has 4 heteroatoms. The molecular weight excluding hydrogens is 191 g/mol. The van der Waals surface area contributed by atoms with Crippen LogP contribution < -0.4 is 0 Å². The Balaban J connectivity index is 2.14. The minimum atomic E-state index is -0.499. The molecule has 1 aliphatic heterocycles. The highest BCUT2D eigenvalue weighted by Crippen LogP contribution is 2.58. The van der Waals surface area contributed by atoms with Gasteiger partial charge in [-0.25, -0.2) is 0 Å². The molecule has 0 N–H and O–H groups in total. The van der Waals surface area contributed by atoms with E-state index in [9.17, 15) is 0 Å². The lowest BCUT2D eigenvalue weighted by Crippen LogP contribution is -2.37. The minimum absolute atomic E-state index is 0.499.